The van der Waals surface area contributed by atoms with Crippen LogP contribution in [-0.2, 0) is 19.1 Å². The topological polar surface area (TPSA) is 128 Å². The van der Waals surface area contributed by atoms with Crippen LogP contribution in [0.3, 0.4) is 0 Å². The number of carbonyl (C=O) groups excluding carboxylic acids is 2. The lowest BCUT2D eigenvalue weighted by Gasteiger charge is -2.15. The van der Waals surface area contributed by atoms with Crippen LogP contribution in [0.25, 0.3) is 0 Å². The minimum Gasteiger partial charge on any atom is -0.464 e. The second-order valence-corrected chi connectivity index (χ2v) is 3.22. The van der Waals surface area contributed by atoms with Crippen LogP contribution in [0.15, 0.2) is 0 Å². The molecule has 0 amide bonds. The molecule has 2 atom stereocenters. The molecule has 0 saturated carbocycles. The maximum atomic E-state index is 11.1. The number of hydrogen-bond donors (Lipinski definition) is 3. The van der Waals surface area contributed by atoms with Crippen LogP contribution in [0.2, 0.25) is 0 Å². The van der Waals surface area contributed by atoms with E-state index in [1.54, 1.807) is 13.8 Å². The predicted molar refractivity (Wildman–Crippen MR) is 59.5 cm³/mol. The molecular formula is C10H21NO6. The lowest BCUT2D eigenvalue weighted by atomic mass is 10.2. The summed E-state index contributed by atoms with van der Waals surface area (Å²) < 4.78 is 9.14. The van der Waals surface area contributed by atoms with Crippen molar-refractivity contribution >= 4 is 11.9 Å². The van der Waals surface area contributed by atoms with Gasteiger partial charge in [0.15, 0.2) is 12.2 Å². The molecule has 0 aliphatic carbocycles. The van der Waals surface area contributed by atoms with Crippen LogP contribution < -0.4 is 6.15 Å². The molecule has 0 bridgehead atoms. The number of ether oxygens (including phenoxy) is 2. The first kappa shape index (κ1) is 18.2. The van der Waals surface area contributed by atoms with Crippen LogP contribution in [0.4, 0.5) is 0 Å². The number of aliphatic hydroxyl groups excluding tert-OH is 2. The largest absolute Gasteiger partial charge is 0.464 e. The molecule has 0 aliphatic heterocycles. The van der Waals surface area contributed by atoms with Gasteiger partial charge < -0.3 is 25.8 Å². The molecule has 2 unspecified atom stereocenters. The third kappa shape index (κ3) is 6.88. The monoisotopic (exact) mass is 251 g/mol. The molecule has 0 aromatic rings. The van der Waals surface area contributed by atoms with Crippen LogP contribution in [-0.4, -0.2) is 47.6 Å². The second-order valence-electron chi connectivity index (χ2n) is 3.22. The van der Waals surface area contributed by atoms with Gasteiger partial charge in [0.25, 0.3) is 0 Å². The van der Waals surface area contributed by atoms with E-state index in [-0.39, 0.29) is 19.4 Å². The van der Waals surface area contributed by atoms with Gasteiger partial charge in [-0.2, -0.15) is 0 Å². The number of carbonyl (C=O) groups is 2. The molecule has 7 nitrogen and oxygen atoms in total. The first-order valence-corrected chi connectivity index (χ1v) is 5.24. The van der Waals surface area contributed by atoms with E-state index in [0.29, 0.717) is 12.8 Å². The zero-order valence-electron chi connectivity index (χ0n) is 10.2. The minimum absolute atomic E-state index is 0. The van der Waals surface area contributed by atoms with Crippen molar-refractivity contribution in [1.82, 2.24) is 6.15 Å². The van der Waals surface area contributed by atoms with Gasteiger partial charge >= 0.3 is 11.9 Å². The molecule has 17 heavy (non-hydrogen) atoms. The van der Waals surface area contributed by atoms with Crippen molar-refractivity contribution in [1.29, 1.82) is 0 Å². The summed E-state index contributed by atoms with van der Waals surface area (Å²) >= 11 is 0. The van der Waals surface area contributed by atoms with Crippen LogP contribution in [0.1, 0.15) is 26.7 Å². The van der Waals surface area contributed by atoms with E-state index in [4.69, 9.17) is 0 Å². The van der Waals surface area contributed by atoms with E-state index in [9.17, 15) is 19.8 Å². The molecule has 0 aliphatic rings. The van der Waals surface area contributed by atoms with Gasteiger partial charge in [0.2, 0.25) is 0 Å². The average Bonchev–Trinajstić information content (AvgIpc) is 2.30. The van der Waals surface area contributed by atoms with Gasteiger partial charge in [-0.3, -0.25) is 0 Å². The second kappa shape index (κ2) is 10.0. The van der Waals surface area contributed by atoms with E-state index in [1.165, 1.54) is 0 Å². The van der Waals surface area contributed by atoms with Crippen molar-refractivity contribution in [2.24, 2.45) is 0 Å². The zero-order valence-corrected chi connectivity index (χ0v) is 10.2. The van der Waals surface area contributed by atoms with Crippen molar-refractivity contribution in [2.45, 2.75) is 38.9 Å². The summed E-state index contributed by atoms with van der Waals surface area (Å²) in [6.07, 6.45) is -2.60. The molecule has 0 rings (SSSR count). The van der Waals surface area contributed by atoms with Crippen molar-refractivity contribution < 1.29 is 29.3 Å². The van der Waals surface area contributed by atoms with E-state index >= 15 is 0 Å². The van der Waals surface area contributed by atoms with Crippen molar-refractivity contribution in [3.05, 3.63) is 0 Å². The Morgan fingerprint density at radius 2 is 1.24 bits per heavy atom. The third-order valence-corrected chi connectivity index (χ3v) is 1.68. The number of hydrogen-bond acceptors (Lipinski definition) is 7. The maximum Gasteiger partial charge on any atom is 0.338 e. The summed E-state index contributed by atoms with van der Waals surface area (Å²) in [6.45, 7) is 3.83. The third-order valence-electron chi connectivity index (χ3n) is 1.68. The first-order chi connectivity index (χ1) is 7.54. The lowest BCUT2D eigenvalue weighted by molar-refractivity contribution is -0.173. The van der Waals surface area contributed by atoms with Gasteiger partial charge in [-0.15, -0.1) is 0 Å². The molecule has 0 heterocycles. The summed E-state index contributed by atoms with van der Waals surface area (Å²) in [6, 6.07) is 0. The Morgan fingerprint density at radius 3 is 1.47 bits per heavy atom. The fourth-order valence-electron chi connectivity index (χ4n) is 0.834. The highest BCUT2D eigenvalue weighted by Gasteiger charge is 2.32. The average molecular weight is 251 g/mol. The molecule has 0 aromatic carbocycles. The maximum absolute atomic E-state index is 11.1. The summed E-state index contributed by atoms with van der Waals surface area (Å²) in [7, 11) is 0. The number of aliphatic hydroxyl groups is 2. The molecule has 0 saturated heterocycles. The smallest absolute Gasteiger partial charge is 0.338 e. The molecule has 0 fully saturated rings. The predicted octanol–water partition coefficient (Wildman–Crippen LogP) is -0.223. The van der Waals surface area contributed by atoms with Gasteiger partial charge in [-0.1, -0.05) is 13.8 Å². The van der Waals surface area contributed by atoms with E-state index in [1.807, 2.05) is 0 Å². The van der Waals surface area contributed by atoms with Gasteiger partial charge in [-0.25, -0.2) is 9.59 Å². The highest BCUT2D eigenvalue weighted by molar-refractivity contribution is 5.85. The minimum atomic E-state index is -1.89. The molecule has 0 spiro atoms. The highest BCUT2D eigenvalue weighted by Crippen LogP contribution is 2.00. The SMILES string of the molecule is CCCOC(=O)C(O)C(O)C(=O)OCCC.N. The first-order valence-electron chi connectivity index (χ1n) is 5.24. The molecular weight excluding hydrogens is 230 g/mol. The summed E-state index contributed by atoms with van der Waals surface area (Å²) in [5, 5.41) is 18.5. The van der Waals surface area contributed by atoms with Crippen molar-refractivity contribution in [2.75, 3.05) is 13.2 Å². The van der Waals surface area contributed by atoms with Crippen molar-refractivity contribution in [3.8, 4) is 0 Å². The number of rotatable bonds is 7. The Balaban J connectivity index is 0. The van der Waals surface area contributed by atoms with E-state index < -0.39 is 24.1 Å². The zero-order chi connectivity index (χ0) is 12.6. The standard InChI is InChI=1S/C10H18O6.H3N/c1-3-5-15-9(13)7(11)8(12)10(14)16-6-4-2;/h7-8,11-12H,3-6H2,1-2H3;1H3. The molecule has 102 valence electrons. The van der Waals surface area contributed by atoms with Gasteiger partial charge in [0, 0.05) is 0 Å². The van der Waals surface area contributed by atoms with Crippen molar-refractivity contribution in [3.63, 3.8) is 0 Å². The van der Waals surface area contributed by atoms with Crippen LogP contribution >= 0.6 is 0 Å². The molecule has 0 aromatic heterocycles. The fourth-order valence-corrected chi connectivity index (χ4v) is 0.834. The quantitative estimate of drug-likeness (QED) is 0.533. The Kier molecular flexibility index (Phi) is 10.7. The number of esters is 2. The van der Waals surface area contributed by atoms with Crippen LogP contribution in [0, 0.1) is 0 Å². The summed E-state index contributed by atoms with van der Waals surface area (Å²) in [4.78, 5) is 22.2. The van der Waals surface area contributed by atoms with Gasteiger partial charge in [0.1, 0.15) is 0 Å². The Hall–Kier alpha value is -1.18. The Bertz CT molecular complexity index is 209. The molecule has 0 radical (unpaired) electrons. The fraction of sp³-hybridized carbons (Fsp3) is 0.800. The molecule has 7 heteroatoms. The normalized spacial score (nSPS) is 13.2. The lowest BCUT2D eigenvalue weighted by Crippen LogP contribution is -2.41. The van der Waals surface area contributed by atoms with Crippen LogP contribution in [0.5, 0.6) is 0 Å². The van der Waals surface area contributed by atoms with Gasteiger partial charge in [-0.05, 0) is 12.8 Å². The Labute approximate surface area is 100 Å². The van der Waals surface area contributed by atoms with Gasteiger partial charge in [0.05, 0.1) is 13.2 Å². The Morgan fingerprint density at radius 1 is 0.941 bits per heavy atom. The highest BCUT2D eigenvalue weighted by atomic mass is 16.6. The molecule has 5 N–H and O–H groups in total. The van der Waals surface area contributed by atoms with E-state index in [2.05, 4.69) is 9.47 Å². The summed E-state index contributed by atoms with van der Waals surface area (Å²) in [5.41, 5.74) is 0. The van der Waals surface area contributed by atoms with E-state index in [0.717, 1.165) is 0 Å². The summed E-state index contributed by atoms with van der Waals surface area (Å²) in [5.74, 6) is -2.05.